The lowest BCUT2D eigenvalue weighted by molar-refractivity contribution is 0.0766. The van der Waals surface area contributed by atoms with Crippen LogP contribution in [0.4, 0.5) is 5.82 Å². The first-order valence-electron chi connectivity index (χ1n) is 13.5. The molecule has 3 aliphatic rings. The predicted octanol–water partition coefficient (Wildman–Crippen LogP) is 4.75. The van der Waals surface area contributed by atoms with E-state index in [1.807, 2.05) is 24.4 Å². The molecule has 3 aromatic rings. The average molecular weight is 517 g/mol. The lowest BCUT2D eigenvalue weighted by Gasteiger charge is -2.55. The second-order valence-electron chi connectivity index (χ2n) is 11.6. The van der Waals surface area contributed by atoms with Crippen molar-refractivity contribution in [1.82, 2.24) is 25.5 Å². The molecule has 1 saturated carbocycles. The van der Waals surface area contributed by atoms with Crippen LogP contribution in [0.15, 0.2) is 36.7 Å². The lowest BCUT2D eigenvalue weighted by atomic mass is 9.69. The Morgan fingerprint density at radius 1 is 0.921 bits per heavy atom. The van der Waals surface area contributed by atoms with Gasteiger partial charge in [-0.15, -0.1) is 10.2 Å². The van der Waals surface area contributed by atoms with Crippen LogP contribution >= 0.6 is 0 Å². The zero-order valence-electron chi connectivity index (χ0n) is 22.6. The fourth-order valence-corrected chi connectivity index (χ4v) is 6.66. The molecule has 9 heteroatoms. The molecule has 0 amide bonds. The van der Waals surface area contributed by atoms with E-state index in [1.54, 1.807) is 26.5 Å². The van der Waals surface area contributed by atoms with Crippen molar-refractivity contribution in [2.75, 3.05) is 19.1 Å². The zero-order valence-corrected chi connectivity index (χ0v) is 22.6. The molecule has 2 saturated heterocycles. The molecule has 0 radical (unpaired) electrons. The number of rotatable bonds is 7. The van der Waals surface area contributed by atoms with E-state index >= 15 is 0 Å². The first-order valence-corrected chi connectivity index (χ1v) is 13.5. The van der Waals surface area contributed by atoms with Crippen LogP contribution < -0.4 is 19.7 Å². The number of nitrogens with zero attached hydrogens (tertiary/aromatic N) is 5. The number of ether oxygens (including phenoxy) is 2. The summed E-state index contributed by atoms with van der Waals surface area (Å²) >= 11 is 0. The first-order chi connectivity index (χ1) is 18.3. The highest BCUT2D eigenvalue weighted by Crippen LogP contribution is 2.45. The van der Waals surface area contributed by atoms with E-state index in [9.17, 15) is 5.11 Å². The minimum absolute atomic E-state index is 0.0814. The Balaban J connectivity index is 1.25. The molecular weight excluding hydrogens is 480 g/mol. The summed E-state index contributed by atoms with van der Waals surface area (Å²) in [6, 6.07) is 8.16. The molecule has 2 bridgehead atoms. The number of aromatic hydroxyl groups is 1. The topological polar surface area (TPSA) is 106 Å². The number of hydrogen-bond acceptors (Lipinski definition) is 9. The highest BCUT2D eigenvalue weighted by molar-refractivity contribution is 5.73. The Morgan fingerprint density at radius 3 is 2.29 bits per heavy atom. The largest absolute Gasteiger partial charge is 0.507 e. The monoisotopic (exact) mass is 516 g/mol. The van der Waals surface area contributed by atoms with Crippen LogP contribution in [-0.4, -0.2) is 62.7 Å². The number of phenolic OH excluding ortho intramolecular Hbond substituents is 1. The van der Waals surface area contributed by atoms with Crippen molar-refractivity contribution in [3.05, 3.63) is 36.7 Å². The van der Waals surface area contributed by atoms with Gasteiger partial charge in [0, 0.05) is 34.9 Å². The van der Waals surface area contributed by atoms with Gasteiger partial charge in [0.25, 0.3) is 5.88 Å². The van der Waals surface area contributed by atoms with Crippen molar-refractivity contribution in [2.24, 2.45) is 0 Å². The van der Waals surface area contributed by atoms with E-state index in [1.165, 1.54) is 32.1 Å². The Kier molecular flexibility index (Phi) is 6.13. The molecule has 3 fully saturated rings. The third-order valence-corrected chi connectivity index (χ3v) is 8.38. The van der Waals surface area contributed by atoms with Gasteiger partial charge in [-0.3, -0.25) is 0 Å². The summed E-state index contributed by atoms with van der Waals surface area (Å²) in [6.07, 6.45) is 11.8. The third-order valence-electron chi connectivity index (χ3n) is 8.38. The lowest BCUT2D eigenvalue weighted by Crippen LogP contribution is -2.67. The Hall–Kier alpha value is -3.46. The molecule has 2 aromatic heterocycles. The number of fused-ring (bicyclic) bond motifs is 2. The van der Waals surface area contributed by atoms with Gasteiger partial charge in [-0.05, 0) is 82.6 Å². The van der Waals surface area contributed by atoms with Crippen LogP contribution in [-0.2, 0) is 0 Å². The Bertz CT molecular complexity index is 1310. The van der Waals surface area contributed by atoms with Gasteiger partial charge in [0.15, 0.2) is 17.4 Å². The standard InChI is InChI=1S/C29H36N6O3/c1-28-10-5-11-29(2,34-28)15-21(14-28)35(20-7-8-20)25-17-30-26(33-32-25)22-9-6-18(12-23(22)36)19-13-24(37-3)27(38-4)31-16-19/h6,9,12-13,16-17,20-21,34,36H,5,7-8,10-11,14-15H2,1-4H3/t21-,28-,29+. The second-order valence-corrected chi connectivity index (χ2v) is 11.6. The number of pyridine rings is 1. The fourth-order valence-electron chi connectivity index (χ4n) is 6.66. The molecule has 1 aliphatic carbocycles. The Labute approximate surface area is 223 Å². The minimum atomic E-state index is 0.0814. The molecule has 4 heterocycles. The predicted molar refractivity (Wildman–Crippen MR) is 146 cm³/mol. The summed E-state index contributed by atoms with van der Waals surface area (Å²) in [5.41, 5.74) is 2.47. The van der Waals surface area contributed by atoms with Crippen molar-refractivity contribution in [3.63, 3.8) is 0 Å². The maximum atomic E-state index is 10.9. The van der Waals surface area contributed by atoms with E-state index in [2.05, 4.69) is 44.2 Å². The summed E-state index contributed by atoms with van der Waals surface area (Å²) in [4.78, 5) is 11.4. The zero-order chi connectivity index (χ0) is 26.5. The maximum absolute atomic E-state index is 10.9. The van der Waals surface area contributed by atoms with Crippen molar-refractivity contribution in [3.8, 4) is 39.9 Å². The molecule has 1 aromatic carbocycles. The third kappa shape index (κ3) is 4.64. The fraction of sp³-hybridized carbons (Fsp3) is 0.517. The van der Waals surface area contributed by atoms with E-state index < -0.39 is 0 Å². The van der Waals surface area contributed by atoms with Crippen LogP contribution in [0.5, 0.6) is 17.4 Å². The van der Waals surface area contributed by atoms with Gasteiger partial charge >= 0.3 is 0 Å². The van der Waals surface area contributed by atoms with Crippen molar-refractivity contribution < 1.29 is 14.6 Å². The molecular formula is C29H36N6O3. The summed E-state index contributed by atoms with van der Waals surface area (Å²) in [7, 11) is 3.12. The van der Waals surface area contributed by atoms with Crippen LogP contribution in [0.25, 0.3) is 22.5 Å². The van der Waals surface area contributed by atoms with Gasteiger partial charge in [-0.2, -0.15) is 0 Å². The van der Waals surface area contributed by atoms with E-state index in [0.29, 0.717) is 35.1 Å². The van der Waals surface area contributed by atoms with Gasteiger partial charge in [0.05, 0.1) is 26.0 Å². The number of hydrogen-bond donors (Lipinski definition) is 2. The highest BCUT2D eigenvalue weighted by Gasteiger charge is 2.49. The van der Waals surface area contributed by atoms with Crippen LogP contribution in [0.3, 0.4) is 0 Å². The van der Waals surface area contributed by atoms with Crippen molar-refractivity contribution in [2.45, 2.75) is 82.0 Å². The van der Waals surface area contributed by atoms with E-state index in [4.69, 9.17) is 9.47 Å². The average Bonchev–Trinajstić information content (AvgIpc) is 3.73. The normalized spacial score (nSPS) is 26.6. The minimum Gasteiger partial charge on any atom is -0.507 e. The van der Waals surface area contributed by atoms with Crippen LogP contribution in [0, 0.1) is 0 Å². The van der Waals surface area contributed by atoms with Crippen molar-refractivity contribution >= 4 is 5.82 Å². The van der Waals surface area contributed by atoms with Gasteiger partial charge in [-0.1, -0.05) is 6.07 Å². The van der Waals surface area contributed by atoms with Crippen LogP contribution in [0.2, 0.25) is 0 Å². The van der Waals surface area contributed by atoms with Crippen molar-refractivity contribution in [1.29, 1.82) is 0 Å². The van der Waals surface area contributed by atoms with Crippen LogP contribution in [0.1, 0.15) is 58.8 Å². The van der Waals surface area contributed by atoms with Gasteiger partial charge in [-0.25, -0.2) is 9.97 Å². The Morgan fingerprint density at radius 2 is 1.68 bits per heavy atom. The molecule has 6 rings (SSSR count). The molecule has 9 nitrogen and oxygen atoms in total. The van der Waals surface area contributed by atoms with E-state index in [-0.39, 0.29) is 16.8 Å². The van der Waals surface area contributed by atoms with Gasteiger partial charge in [0.2, 0.25) is 0 Å². The molecule has 3 atom stereocenters. The molecule has 0 unspecified atom stereocenters. The van der Waals surface area contributed by atoms with Gasteiger partial charge in [0.1, 0.15) is 5.75 Å². The van der Waals surface area contributed by atoms with E-state index in [0.717, 1.165) is 29.8 Å². The molecule has 200 valence electrons. The number of benzene rings is 1. The summed E-state index contributed by atoms with van der Waals surface area (Å²) in [5, 5.41) is 23.9. The number of anilines is 1. The SMILES string of the molecule is COc1cc(-c2ccc(-c3ncc(N(C4CC4)[C@H]4C[C@]5(C)CCC[C@](C)(C4)N5)nn3)c(O)c2)cnc1OC. The summed E-state index contributed by atoms with van der Waals surface area (Å²) in [6.45, 7) is 4.75. The van der Waals surface area contributed by atoms with Gasteiger partial charge < -0.3 is 24.8 Å². The quantitative estimate of drug-likeness (QED) is 0.460. The first kappa shape index (κ1) is 24.9. The number of nitrogens with one attached hydrogen (secondary N) is 1. The molecule has 38 heavy (non-hydrogen) atoms. The number of phenols is 1. The maximum Gasteiger partial charge on any atom is 0.256 e. The smallest absolute Gasteiger partial charge is 0.256 e. The number of piperidine rings is 2. The number of aromatic nitrogens is 4. The summed E-state index contributed by atoms with van der Waals surface area (Å²) < 4.78 is 10.6. The molecule has 2 N–H and O–H groups in total. The molecule has 2 aliphatic heterocycles. The summed E-state index contributed by atoms with van der Waals surface area (Å²) in [5.74, 6) is 2.25. The number of methoxy groups -OCH3 is 2. The molecule has 0 spiro atoms. The second kappa shape index (κ2) is 9.38. The highest BCUT2D eigenvalue weighted by atomic mass is 16.5.